The molecule has 5 heteroatoms. The van der Waals surface area contributed by atoms with E-state index in [0.717, 1.165) is 12.8 Å². The van der Waals surface area contributed by atoms with Gasteiger partial charge in [0.05, 0.1) is 6.20 Å². The lowest BCUT2D eigenvalue weighted by atomic mass is 9.98. The number of nitrogens with one attached hydrogen (secondary N) is 1. The van der Waals surface area contributed by atoms with E-state index in [9.17, 15) is 4.79 Å². The summed E-state index contributed by atoms with van der Waals surface area (Å²) in [5, 5.41) is 3.59. The first-order valence-electron chi connectivity index (χ1n) is 7.27. The summed E-state index contributed by atoms with van der Waals surface area (Å²) in [7, 11) is 1.89. The van der Waals surface area contributed by atoms with E-state index in [-0.39, 0.29) is 12.5 Å². The van der Waals surface area contributed by atoms with Gasteiger partial charge in [-0.2, -0.15) is 0 Å². The smallest absolute Gasteiger partial charge is 0.260 e. The van der Waals surface area contributed by atoms with Crippen LogP contribution >= 0.6 is 0 Å². The average molecular weight is 275 g/mol. The van der Waals surface area contributed by atoms with Gasteiger partial charge >= 0.3 is 0 Å². The number of rotatable bonds is 4. The summed E-state index contributed by atoms with van der Waals surface area (Å²) in [6, 6.07) is 5.14. The highest BCUT2D eigenvalue weighted by Gasteiger charge is 2.36. The second kappa shape index (κ2) is 5.79. The highest BCUT2D eigenvalue weighted by atomic mass is 16.5. The van der Waals surface area contributed by atoms with Gasteiger partial charge in [-0.15, -0.1) is 0 Å². The SMILES string of the molecule is CN(C(=O)COc1cccnc1)C1CC2CCC(C1)N2. The lowest BCUT2D eigenvalue weighted by molar-refractivity contribution is -0.134. The molecule has 2 aliphatic rings. The summed E-state index contributed by atoms with van der Waals surface area (Å²) in [4.78, 5) is 18.0. The Morgan fingerprint density at radius 2 is 2.20 bits per heavy atom. The van der Waals surface area contributed by atoms with E-state index < -0.39 is 0 Å². The van der Waals surface area contributed by atoms with E-state index in [1.165, 1.54) is 12.8 Å². The van der Waals surface area contributed by atoms with Crippen molar-refractivity contribution in [3.05, 3.63) is 24.5 Å². The van der Waals surface area contributed by atoms with Crippen LogP contribution in [0, 0.1) is 0 Å². The van der Waals surface area contributed by atoms with Crippen molar-refractivity contribution in [3.8, 4) is 5.75 Å². The molecule has 1 aromatic heterocycles. The number of pyridine rings is 1. The Hall–Kier alpha value is -1.62. The molecule has 2 aliphatic heterocycles. The number of piperidine rings is 1. The molecule has 0 spiro atoms. The largest absolute Gasteiger partial charge is 0.482 e. The third-order valence-corrected chi connectivity index (χ3v) is 4.39. The van der Waals surface area contributed by atoms with Gasteiger partial charge in [-0.05, 0) is 37.8 Å². The Bertz CT molecular complexity index is 453. The van der Waals surface area contributed by atoms with Crippen LogP contribution in [-0.4, -0.2) is 47.6 Å². The van der Waals surface area contributed by atoms with E-state index in [1.54, 1.807) is 18.5 Å². The third-order valence-electron chi connectivity index (χ3n) is 4.39. The second-order valence-corrected chi connectivity index (χ2v) is 5.75. The van der Waals surface area contributed by atoms with Gasteiger partial charge in [-0.25, -0.2) is 0 Å². The molecule has 2 fully saturated rings. The number of nitrogens with zero attached hydrogens (tertiary/aromatic N) is 2. The van der Waals surface area contributed by atoms with Crippen molar-refractivity contribution in [1.29, 1.82) is 0 Å². The highest BCUT2D eigenvalue weighted by molar-refractivity contribution is 5.77. The van der Waals surface area contributed by atoms with E-state index in [2.05, 4.69) is 10.3 Å². The fraction of sp³-hybridized carbons (Fsp3) is 0.600. The van der Waals surface area contributed by atoms with Gasteiger partial charge in [0.2, 0.25) is 0 Å². The molecule has 5 nitrogen and oxygen atoms in total. The van der Waals surface area contributed by atoms with Crippen LogP contribution in [0.1, 0.15) is 25.7 Å². The first kappa shape index (κ1) is 13.4. The summed E-state index contributed by atoms with van der Waals surface area (Å²) in [5.74, 6) is 0.680. The molecular weight excluding hydrogens is 254 g/mol. The number of hydrogen-bond acceptors (Lipinski definition) is 4. The zero-order chi connectivity index (χ0) is 13.9. The molecule has 20 heavy (non-hydrogen) atoms. The molecule has 1 N–H and O–H groups in total. The van der Waals surface area contributed by atoms with Crippen LogP contribution in [0.5, 0.6) is 5.75 Å². The molecule has 2 bridgehead atoms. The Kier molecular flexibility index (Phi) is 3.87. The zero-order valence-corrected chi connectivity index (χ0v) is 11.8. The van der Waals surface area contributed by atoms with Crippen LogP contribution in [-0.2, 0) is 4.79 Å². The number of hydrogen-bond donors (Lipinski definition) is 1. The molecular formula is C15H21N3O2. The summed E-state index contributed by atoms with van der Waals surface area (Å²) in [6.07, 6.45) is 7.92. The molecule has 0 radical (unpaired) electrons. The maximum Gasteiger partial charge on any atom is 0.260 e. The minimum absolute atomic E-state index is 0.0418. The van der Waals surface area contributed by atoms with Gasteiger partial charge in [0.15, 0.2) is 6.61 Å². The molecule has 3 heterocycles. The highest BCUT2D eigenvalue weighted by Crippen LogP contribution is 2.29. The molecule has 2 unspecified atom stereocenters. The topological polar surface area (TPSA) is 54.5 Å². The van der Waals surface area contributed by atoms with Crippen LogP contribution in [0.25, 0.3) is 0 Å². The van der Waals surface area contributed by atoms with Crippen molar-refractivity contribution in [3.63, 3.8) is 0 Å². The minimum atomic E-state index is 0.0418. The summed E-state index contributed by atoms with van der Waals surface area (Å²) in [5.41, 5.74) is 0. The molecule has 2 saturated heterocycles. The quantitative estimate of drug-likeness (QED) is 0.897. The van der Waals surface area contributed by atoms with Crippen molar-refractivity contribution in [1.82, 2.24) is 15.2 Å². The van der Waals surface area contributed by atoms with Crippen LogP contribution in [0.15, 0.2) is 24.5 Å². The molecule has 0 aliphatic carbocycles. The molecule has 108 valence electrons. The van der Waals surface area contributed by atoms with Gasteiger partial charge in [-0.1, -0.05) is 0 Å². The van der Waals surface area contributed by atoms with Gasteiger partial charge in [0, 0.05) is 31.4 Å². The number of aromatic nitrogens is 1. The predicted octanol–water partition coefficient (Wildman–Crippen LogP) is 1.20. The minimum Gasteiger partial charge on any atom is -0.482 e. The van der Waals surface area contributed by atoms with E-state index in [1.807, 2.05) is 18.0 Å². The van der Waals surface area contributed by atoms with Gasteiger partial charge in [0.25, 0.3) is 5.91 Å². The number of amides is 1. The maximum absolute atomic E-state index is 12.2. The van der Waals surface area contributed by atoms with Gasteiger partial charge in [-0.3, -0.25) is 9.78 Å². The molecule has 3 rings (SSSR count). The van der Waals surface area contributed by atoms with Crippen LogP contribution in [0.2, 0.25) is 0 Å². The van der Waals surface area contributed by atoms with Crippen molar-refractivity contribution in [2.75, 3.05) is 13.7 Å². The summed E-state index contributed by atoms with van der Waals surface area (Å²) >= 11 is 0. The third kappa shape index (κ3) is 2.93. The van der Waals surface area contributed by atoms with Crippen molar-refractivity contribution >= 4 is 5.91 Å². The van der Waals surface area contributed by atoms with Crippen LogP contribution in [0.3, 0.4) is 0 Å². The first-order valence-corrected chi connectivity index (χ1v) is 7.27. The standard InChI is InChI=1S/C15H21N3O2/c1-18(13-7-11-4-5-12(8-13)17-11)15(19)10-20-14-3-2-6-16-9-14/h2-3,6,9,11-13,17H,4-5,7-8,10H2,1H3. The summed E-state index contributed by atoms with van der Waals surface area (Å²) in [6.45, 7) is 0.0848. The van der Waals surface area contributed by atoms with E-state index in [0.29, 0.717) is 23.9 Å². The average Bonchev–Trinajstić information content (AvgIpc) is 2.83. The second-order valence-electron chi connectivity index (χ2n) is 5.75. The fourth-order valence-electron chi connectivity index (χ4n) is 3.23. The number of carbonyl (C=O) groups excluding carboxylic acids is 1. The Morgan fingerprint density at radius 3 is 2.85 bits per heavy atom. The van der Waals surface area contributed by atoms with Gasteiger partial charge in [0.1, 0.15) is 5.75 Å². The lowest BCUT2D eigenvalue weighted by Crippen LogP contribution is -2.49. The summed E-state index contributed by atoms with van der Waals surface area (Å²) < 4.78 is 5.48. The molecule has 1 amide bonds. The fourth-order valence-corrected chi connectivity index (χ4v) is 3.23. The number of ether oxygens (including phenoxy) is 1. The van der Waals surface area contributed by atoms with Crippen molar-refractivity contribution < 1.29 is 9.53 Å². The number of carbonyl (C=O) groups is 1. The van der Waals surface area contributed by atoms with Crippen molar-refractivity contribution in [2.24, 2.45) is 0 Å². The zero-order valence-electron chi connectivity index (χ0n) is 11.8. The molecule has 1 aromatic rings. The lowest BCUT2D eigenvalue weighted by Gasteiger charge is -2.35. The molecule has 2 atom stereocenters. The van der Waals surface area contributed by atoms with E-state index >= 15 is 0 Å². The normalized spacial score (nSPS) is 28.1. The Morgan fingerprint density at radius 1 is 1.45 bits per heavy atom. The monoisotopic (exact) mass is 275 g/mol. The number of likely N-dealkylation sites (N-methyl/N-ethyl adjacent to an activating group) is 1. The first-order chi connectivity index (χ1) is 9.72. The van der Waals surface area contributed by atoms with Gasteiger partial charge < -0.3 is 15.0 Å². The molecule has 0 saturated carbocycles. The van der Waals surface area contributed by atoms with E-state index in [4.69, 9.17) is 4.74 Å². The predicted molar refractivity (Wildman–Crippen MR) is 75.5 cm³/mol. The van der Waals surface area contributed by atoms with Crippen LogP contribution < -0.4 is 10.1 Å². The number of fused-ring (bicyclic) bond motifs is 2. The maximum atomic E-state index is 12.2. The van der Waals surface area contributed by atoms with Crippen molar-refractivity contribution in [2.45, 2.75) is 43.8 Å². The Labute approximate surface area is 119 Å². The molecule has 0 aromatic carbocycles. The van der Waals surface area contributed by atoms with Crippen LogP contribution in [0.4, 0.5) is 0 Å². The Balaban J connectivity index is 1.52.